The van der Waals surface area contributed by atoms with E-state index in [1.54, 1.807) is 24.3 Å². The van der Waals surface area contributed by atoms with E-state index in [0.717, 1.165) is 0 Å². The second kappa shape index (κ2) is 5.35. The number of terminal acetylenes is 1. The smallest absolute Gasteiger partial charge is 0.162 e. The lowest BCUT2D eigenvalue weighted by Gasteiger charge is -2.09. The molecule has 21 heavy (non-hydrogen) atoms. The maximum absolute atomic E-state index is 14.1. The van der Waals surface area contributed by atoms with Gasteiger partial charge in [0.25, 0.3) is 0 Å². The molecule has 0 bridgehead atoms. The molecule has 0 unspecified atom stereocenters. The average molecular weight is 299 g/mol. The SMILES string of the molecule is C#Cc1cccc(Nc2ncnc3ccc(Cl)nc23)c1F. The number of hydrogen-bond donors (Lipinski definition) is 1. The third-order valence-corrected chi connectivity index (χ3v) is 3.07. The minimum Gasteiger partial charge on any atom is -0.336 e. The van der Waals surface area contributed by atoms with Gasteiger partial charge in [-0.15, -0.1) is 6.42 Å². The lowest BCUT2D eigenvalue weighted by molar-refractivity contribution is 0.628. The molecule has 0 saturated carbocycles. The number of nitrogens with one attached hydrogen (secondary N) is 1. The molecule has 0 aliphatic rings. The minimum absolute atomic E-state index is 0.171. The maximum Gasteiger partial charge on any atom is 0.162 e. The van der Waals surface area contributed by atoms with Crippen molar-refractivity contribution in [2.75, 3.05) is 5.32 Å². The molecule has 2 heterocycles. The van der Waals surface area contributed by atoms with Crippen molar-refractivity contribution >= 4 is 34.1 Å². The van der Waals surface area contributed by atoms with E-state index in [-0.39, 0.29) is 11.3 Å². The van der Waals surface area contributed by atoms with Crippen molar-refractivity contribution in [1.29, 1.82) is 0 Å². The lowest BCUT2D eigenvalue weighted by atomic mass is 10.2. The number of rotatable bonds is 2. The quantitative estimate of drug-likeness (QED) is 0.581. The molecule has 0 fully saturated rings. The van der Waals surface area contributed by atoms with E-state index in [2.05, 4.69) is 26.2 Å². The molecule has 1 aromatic carbocycles. The Balaban J connectivity index is 2.11. The fraction of sp³-hybridized carbons (Fsp3) is 0. The van der Waals surface area contributed by atoms with Crippen LogP contribution in [0.15, 0.2) is 36.7 Å². The number of pyridine rings is 1. The Morgan fingerprint density at radius 2 is 2.05 bits per heavy atom. The molecular formula is C15H8ClFN4. The second-order valence-corrected chi connectivity index (χ2v) is 4.55. The molecule has 0 amide bonds. The third kappa shape index (κ3) is 2.49. The van der Waals surface area contributed by atoms with E-state index in [1.165, 1.54) is 12.4 Å². The Bertz CT molecular complexity index is 873. The number of hydrogen-bond acceptors (Lipinski definition) is 4. The Labute approximate surface area is 125 Å². The molecule has 0 aliphatic carbocycles. The number of halogens is 2. The Morgan fingerprint density at radius 3 is 2.86 bits per heavy atom. The zero-order valence-electron chi connectivity index (χ0n) is 10.6. The van der Waals surface area contributed by atoms with Crippen LogP contribution in [0, 0.1) is 18.2 Å². The van der Waals surface area contributed by atoms with Crippen molar-refractivity contribution < 1.29 is 4.39 Å². The van der Waals surface area contributed by atoms with Gasteiger partial charge >= 0.3 is 0 Å². The molecule has 2 aromatic heterocycles. The van der Waals surface area contributed by atoms with Gasteiger partial charge < -0.3 is 5.32 Å². The van der Waals surface area contributed by atoms with Crippen molar-refractivity contribution in [3.05, 3.63) is 53.2 Å². The first-order valence-corrected chi connectivity index (χ1v) is 6.36. The van der Waals surface area contributed by atoms with Gasteiger partial charge in [0.2, 0.25) is 0 Å². The highest BCUT2D eigenvalue weighted by molar-refractivity contribution is 6.29. The Morgan fingerprint density at radius 1 is 1.19 bits per heavy atom. The highest BCUT2D eigenvalue weighted by atomic mass is 35.5. The number of benzene rings is 1. The largest absolute Gasteiger partial charge is 0.336 e. The van der Waals surface area contributed by atoms with E-state index in [1.807, 2.05) is 0 Å². The van der Waals surface area contributed by atoms with Crippen molar-refractivity contribution in [1.82, 2.24) is 15.0 Å². The molecule has 0 aliphatic heterocycles. The van der Waals surface area contributed by atoms with E-state index in [4.69, 9.17) is 18.0 Å². The summed E-state index contributed by atoms with van der Waals surface area (Å²) in [5.74, 6) is 2.12. The molecule has 6 heteroatoms. The van der Waals surface area contributed by atoms with Crippen LogP contribution in [0.25, 0.3) is 11.0 Å². The van der Waals surface area contributed by atoms with Gasteiger partial charge in [-0.25, -0.2) is 19.3 Å². The molecule has 3 aromatic rings. The van der Waals surface area contributed by atoms with Gasteiger partial charge in [0.15, 0.2) is 11.6 Å². The average Bonchev–Trinajstić information content (AvgIpc) is 2.50. The highest BCUT2D eigenvalue weighted by Crippen LogP contribution is 2.25. The summed E-state index contributed by atoms with van der Waals surface area (Å²) in [5.41, 5.74) is 1.44. The Hall–Kier alpha value is -2.71. The van der Waals surface area contributed by atoms with Gasteiger partial charge in [-0.05, 0) is 24.3 Å². The van der Waals surface area contributed by atoms with E-state index in [9.17, 15) is 4.39 Å². The molecule has 4 nitrogen and oxygen atoms in total. The highest BCUT2D eigenvalue weighted by Gasteiger charge is 2.10. The summed E-state index contributed by atoms with van der Waals surface area (Å²) in [7, 11) is 0. The van der Waals surface area contributed by atoms with Crippen LogP contribution in [0.2, 0.25) is 5.15 Å². The summed E-state index contributed by atoms with van der Waals surface area (Å²) in [6.07, 6.45) is 6.61. The summed E-state index contributed by atoms with van der Waals surface area (Å²) >= 11 is 5.88. The van der Waals surface area contributed by atoms with Crippen LogP contribution in [0.1, 0.15) is 5.56 Å². The van der Waals surface area contributed by atoms with Crippen LogP contribution in [-0.2, 0) is 0 Å². The molecular weight excluding hydrogens is 291 g/mol. The molecule has 0 atom stereocenters. The van der Waals surface area contributed by atoms with Gasteiger partial charge in [-0.1, -0.05) is 23.6 Å². The first-order valence-electron chi connectivity index (χ1n) is 5.98. The maximum atomic E-state index is 14.1. The molecule has 0 saturated heterocycles. The molecule has 1 N–H and O–H groups in total. The molecule has 0 spiro atoms. The molecule has 3 rings (SSSR count). The topological polar surface area (TPSA) is 50.7 Å². The minimum atomic E-state index is -0.520. The number of anilines is 2. The predicted molar refractivity (Wildman–Crippen MR) is 80.0 cm³/mol. The van der Waals surface area contributed by atoms with E-state index < -0.39 is 5.82 Å². The van der Waals surface area contributed by atoms with Crippen molar-refractivity contribution in [3.8, 4) is 12.3 Å². The Kier molecular flexibility index (Phi) is 3.38. The third-order valence-electron chi connectivity index (χ3n) is 2.86. The zero-order chi connectivity index (χ0) is 14.8. The van der Waals surface area contributed by atoms with Gasteiger partial charge in [0.05, 0.1) is 16.8 Å². The fourth-order valence-electron chi connectivity index (χ4n) is 1.88. The lowest BCUT2D eigenvalue weighted by Crippen LogP contribution is -2.00. The van der Waals surface area contributed by atoms with Gasteiger partial charge in [0, 0.05) is 0 Å². The number of nitrogens with zero attached hydrogens (tertiary/aromatic N) is 3. The molecule has 0 radical (unpaired) electrons. The second-order valence-electron chi connectivity index (χ2n) is 4.16. The number of fused-ring (bicyclic) bond motifs is 1. The first-order chi connectivity index (χ1) is 10.2. The van der Waals surface area contributed by atoms with Crippen LogP contribution < -0.4 is 5.32 Å². The number of aromatic nitrogens is 3. The molecule has 102 valence electrons. The van der Waals surface area contributed by atoms with Gasteiger partial charge in [0.1, 0.15) is 17.0 Å². The van der Waals surface area contributed by atoms with E-state index >= 15 is 0 Å². The van der Waals surface area contributed by atoms with E-state index in [0.29, 0.717) is 22.0 Å². The fourth-order valence-corrected chi connectivity index (χ4v) is 2.02. The summed E-state index contributed by atoms with van der Waals surface area (Å²) in [6, 6.07) is 8.08. The van der Waals surface area contributed by atoms with Crippen LogP contribution in [-0.4, -0.2) is 15.0 Å². The summed E-state index contributed by atoms with van der Waals surface area (Å²) in [4.78, 5) is 12.3. The van der Waals surface area contributed by atoms with Crippen molar-refractivity contribution in [3.63, 3.8) is 0 Å². The van der Waals surface area contributed by atoms with Crippen LogP contribution in [0.5, 0.6) is 0 Å². The van der Waals surface area contributed by atoms with Crippen molar-refractivity contribution in [2.24, 2.45) is 0 Å². The zero-order valence-corrected chi connectivity index (χ0v) is 11.4. The summed E-state index contributed by atoms with van der Waals surface area (Å²) in [5, 5.41) is 3.18. The van der Waals surface area contributed by atoms with Crippen LogP contribution in [0.3, 0.4) is 0 Å². The monoisotopic (exact) mass is 298 g/mol. The van der Waals surface area contributed by atoms with Gasteiger partial charge in [-0.2, -0.15) is 0 Å². The predicted octanol–water partition coefficient (Wildman–Crippen LogP) is 3.54. The van der Waals surface area contributed by atoms with Crippen LogP contribution >= 0.6 is 11.6 Å². The summed E-state index contributed by atoms with van der Waals surface area (Å²) in [6.45, 7) is 0. The first kappa shape index (κ1) is 13.3. The summed E-state index contributed by atoms with van der Waals surface area (Å²) < 4.78 is 14.1. The standard InChI is InChI=1S/C15H8ClFN4/c1-2-9-4-3-5-10(13(9)17)20-15-14-11(18-8-19-15)6-7-12(16)21-14/h1,3-8H,(H,18,19,20). The van der Waals surface area contributed by atoms with Crippen molar-refractivity contribution in [2.45, 2.75) is 0 Å². The van der Waals surface area contributed by atoms with Crippen LogP contribution in [0.4, 0.5) is 15.9 Å². The van der Waals surface area contributed by atoms with Gasteiger partial charge in [-0.3, -0.25) is 0 Å². The normalized spacial score (nSPS) is 10.3.